The summed E-state index contributed by atoms with van der Waals surface area (Å²) in [6.45, 7) is 6.46. The highest BCUT2D eigenvalue weighted by molar-refractivity contribution is 5.26. The molecular formula is C12H15N3. The van der Waals surface area contributed by atoms with Gasteiger partial charge in [-0.3, -0.25) is 0 Å². The van der Waals surface area contributed by atoms with Crippen molar-refractivity contribution in [3.05, 3.63) is 42.4 Å². The highest BCUT2D eigenvalue weighted by Gasteiger charge is 2.15. The minimum Gasteiger partial charge on any atom is -0.233 e. The van der Waals surface area contributed by atoms with E-state index in [1.807, 2.05) is 30.5 Å². The summed E-state index contributed by atoms with van der Waals surface area (Å²) >= 11 is 0. The molecule has 2 aromatic heterocycles. The molecule has 0 aliphatic carbocycles. The Bertz CT molecular complexity index is 438. The SMILES string of the molecule is CC(C)(C)c1cccc(-n2cccn2)n1. The van der Waals surface area contributed by atoms with Crippen molar-refractivity contribution in [2.45, 2.75) is 26.2 Å². The van der Waals surface area contributed by atoms with Crippen molar-refractivity contribution in [1.82, 2.24) is 14.8 Å². The van der Waals surface area contributed by atoms with E-state index < -0.39 is 0 Å². The van der Waals surface area contributed by atoms with Crippen LogP contribution in [0.1, 0.15) is 26.5 Å². The summed E-state index contributed by atoms with van der Waals surface area (Å²) in [5.41, 5.74) is 1.15. The second kappa shape index (κ2) is 3.50. The molecule has 0 saturated heterocycles. The molecule has 15 heavy (non-hydrogen) atoms. The Labute approximate surface area is 89.8 Å². The fraction of sp³-hybridized carbons (Fsp3) is 0.333. The maximum atomic E-state index is 4.59. The number of pyridine rings is 1. The van der Waals surface area contributed by atoms with Crippen LogP contribution in [0.5, 0.6) is 0 Å². The number of hydrogen-bond acceptors (Lipinski definition) is 2. The van der Waals surface area contributed by atoms with Crippen LogP contribution >= 0.6 is 0 Å². The van der Waals surface area contributed by atoms with Gasteiger partial charge in [-0.05, 0) is 18.2 Å². The van der Waals surface area contributed by atoms with Gasteiger partial charge in [-0.25, -0.2) is 9.67 Å². The predicted molar refractivity (Wildman–Crippen MR) is 60.1 cm³/mol. The fourth-order valence-corrected chi connectivity index (χ4v) is 1.37. The van der Waals surface area contributed by atoms with E-state index in [1.165, 1.54) is 0 Å². The first kappa shape index (κ1) is 9.90. The summed E-state index contributed by atoms with van der Waals surface area (Å²) in [7, 11) is 0. The van der Waals surface area contributed by atoms with Crippen molar-refractivity contribution < 1.29 is 0 Å². The lowest BCUT2D eigenvalue weighted by molar-refractivity contribution is 0.566. The first-order valence-electron chi connectivity index (χ1n) is 5.05. The molecule has 78 valence electrons. The van der Waals surface area contributed by atoms with E-state index >= 15 is 0 Å². The lowest BCUT2D eigenvalue weighted by atomic mass is 9.92. The molecule has 2 aromatic rings. The molecule has 0 unspecified atom stereocenters. The minimum atomic E-state index is 0.0726. The van der Waals surface area contributed by atoms with Gasteiger partial charge in [0.1, 0.15) is 0 Å². The molecule has 0 N–H and O–H groups in total. The van der Waals surface area contributed by atoms with Gasteiger partial charge in [0.05, 0.1) is 0 Å². The number of rotatable bonds is 1. The molecule has 3 heteroatoms. The van der Waals surface area contributed by atoms with Gasteiger partial charge in [0.15, 0.2) is 5.82 Å². The summed E-state index contributed by atoms with van der Waals surface area (Å²) in [4.78, 5) is 4.59. The molecule has 0 spiro atoms. The lowest BCUT2D eigenvalue weighted by Crippen LogP contribution is -2.14. The third kappa shape index (κ3) is 2.06. The van der Waals surface area contributed by atoms with Gasteiger partial charge in [0.2, 0.25) is 0 Å². The second-order valence-corrected chi connectivity index (χ2v) is 4.58. The van der Waals surface area contributed by atoms with Gasteiger partial charge in [0, 0.05) is 23.5 Å². The summed E-state index contributed by atoms with van der Waals surface area (Å²) in [6, 6.07) is 7.92. The van der Waals surface area contributed by atoms with Crippen molar-refractivity contribution in [2.75, 3.05) is 0 Å². The molecule has 2 rings (SSSR count). The monoisotopic (exact) mass is 201 g/mol. The predicted octanol–water partition coefficient (Wildman–Crippen LogP) is 2.56. The molecule has 0 radical (unpaired) electrons. The van der Waals surface area contributed by atoms with Crippen molar-refractivity contribution in [2.24, 2.45) is 0 Å². The zero-order valence-corrected chi connectivity index (χ0v) is 9.31. The van der Waals surface area contributed by atoms with Crippen LogP contribution in [0, 0.1) is 0 Å². The third-order valence-corrected chi connectivity index (χ3v) is 2.24. The molecular weight excluding hydrogens is 186 g/mol. The van der Waals surface area contributed by atoms with Crippen LogP contribution in [-0.4, -0.2) is 14.8 Å². The Balaban J connectivity index is 2.44. The minimum absolute atomic E-state index is 0.0726. The number of nitrogens with zero attached hydrogens (tertiary/aromatic N) is 3. The van der Waals surface area contributed by atoms with Crippen LogP contribution in [0.3, 0.4) is 0 Å². The highest BCUT2D eigenvalue weighted by Crippen LogP contribution is 2.20. The maximum absolute atomic E-state index is 4.59. The van der Waals surface area contributed by atoms with Crippen LogP contribution in [0.4, 0.5) is 0 Å². The molecule has 0 bridgehead atoms. The molecule has 0 aliphatic heterocycles. The molecule has 2 heterocycles. The van der Waals surface area contributed by atoms with Crippen molar-refractivity contribution in [1.29, 1.82) is 0 Å². The standard InChI is InChI=1S/C12H15N3/c1-12(2,3)10-6-4-7-11(14-10)15-9-5-8-13-15/h4-9H,1-3H3. The lowest BCUT2D eigenvalue weighted by Gasteiger charge is -2.18. The van der Waals surface area contributed by atoms with E-state index in [-0.39, 0.29) is 5.41 Å². The zero-order chi connectivity index (χ0) is 10.9. The summed E-state index contributed by atoms with van der Waals surface area (Å²) in [5.74, 6) is 0.868. The van der Waals surface area contributed by atoms with E-state index in [1.54, 1.807) is 10.9 Å². The normalized spacial score (nSPS) is 11.7. The van der Waals surface area contributed by atoms with Crippen LogP contribution in [0.15, 0.2) is 36.7 Å². The van der Waals surface area contributed by atoms with Gasteiger partial charge in [0.25, 0.3) is 0 Å². The fourth-order valence-electron chi connectivity index (χ4n) is 1.37. The maximum Gasteiger partial charge on any atom is 0.153 e. The summed E-state index contributed by atoms with van der Waals surface area (Å²) in [6.07, 6.45) is 3.65. The van der Waals surface area contributed by atoms with Crippen LogP contribution in [0.2, 0.25) is 0 Å². The smallest absolute Gasteiger partial charge is 0.153 e. The Kier molecular flexibility index (Phi) is 2.31. The van der Waals surface area contributed by atoms with Crippen molar-refractivity contribution >= 4 is 0 Å². The average molecular weight is 201 g/mol. The second-order valence-electron chi connectivity index (χ2n) is 4.58. The summed E-state index contributed by atoms with van der Waals surface area (Å²) < 4.78 is 1.77. The molecule has 3 nitrogen and oxygen atoms in total. The molecule has 0 aromatic carbocycles. The largest absolute Gasteiger partial charge is 0.233 e. The topological polar surface area (TPSA) is 30.7 Å². The van der Waals surface area contributed by atoms with Gasteiger partial charge in [-0.2, -0.15) is 5.10 Å². The van der Waals surface area contributed by atoms with Gasteiger partial charge >= 0.3 is 0 Å². The number of aromatic nitrogens is 3. The molecule has 0 fully saturated rings. The average Bonchev–Trinajstić information content (AvgIpc) is 2.69. The Hall–Kier alpha value is -1.64. The Morgan fingerprint density at radius 1 is 1.13 bits per heavy atom. The number of hydrogen-bond donors (Lipinski definition) is 0. The Morgan fingerprint density at radius 2 is 1.93 bits per heavy atom. The molecule has 0 amide bonds. The van der Waals surface area contributed by atoms with Crippen molar-refractivity contribution in [3.63, 3.8) is 0 Å². The van der Waals surface area contributed by atoms with Gasteiger partial charge < -0.3 is 0 Å². The van der Waals surface area contributed by atoms with E-state index in [9.17, 15) is 0 Å². The molecule has 0 aliphatic rings. The van der Waals surface area contributed by atoms with E-state index in [0.717, 1.165) is 11.5 Å². The zero-order valence-electron chi connectivity index (χ0n) is 9.31. The first-order valence-corrected chi connectivity index (χ1v) is 5.05. The van der Waals surface area contributed by atoms with E-state index in [2.05, 4.69) is 30.9 Å². The van der Waals surface area contributed by atoms with E-state index in [0.29, 0.717) is 0 Å². The summed E-state index contributed by atoms with van der Waals surface area (Å²) in [5, 5.41) is 4.16. The highest BCUT2D eigenvalue weighted by atomic mass is 15.3. The first-order chi connectivity index (χ1) is 7.07. The molecule has 0 saturated carbocycles. The van der Waals surface area contributed by atoms with Crippen LogP contribution < -0.4 is 0 Å². The van der Waals surface area contributed by atoms with Gasteiger partial charge in [-0.15, -0.1) is 0 Å². The quantitative estimate of drug-likeness (QED) is 0.710. The van der Waals surface area contributed by atoms with Crippen molar-refractivity contribution in [3.8, 4) is 5.82 Å². The van der Waals surface area contributed by atoms with Crippen LogP contribution in [0.25, 0.3) is 5.82 Å². The van der Waals surface area contributed by atoms with Gasteiger partial charge in [-0.1, -0.05) is 26.8 Å². The van der Waals surface area contributed by atoms with Crippen LogP contribution in [-0.2, 0) is 5.41 Å². The third-order valence-electron chi connectivity index (χ3n) is 2.24. The molecule has 0 atom stereocenters. The van der Waals surface area contributed by atoms with E-state index in [4.69, 9.17) is 0 Å². The Morgan fingerprint density at radius 3 is 2.53 bits per heavy atom.